The minimum Gasteiger partial charge on any atom is -0.332 e. The molecule has 1 amide bonds. The first kappa shape index (κ1) is 15.4. The minimum atomic E-state index is -0.397. The summed E-state index contributed by atoms with van der Waals surface area (Å²) in [6.07, 6.45) is 3.03. The monoisotopic (exact) mass is 312 g/mol. The summed E-state index contributed by atoms with van der Waals surface area (Å²) >= 11 is 0. The molecular weight excluding hydrogens is 292 g/mol. The van der Waals surface area contributed by atoms with Gasteiger partial charge in [-0.25, -0.2) is 9.78 Å². The summed E-state index contributed by atoms with van der Waals surface area (Å²) in [6.45, 7) is 2.30. The van der Waals surface area contributed by atoms with Crippen molar-refractivity contribution in [2.24, 2.45) is 0 Å². The van der Waals surface area contributed by atoms with Crippen molar-refractivity contribution in [1.29, 1.82) is 0 Å². The molecule has 2 heterocycles. The second kappa shape index (κ2) is 6.75. The molecule has 1 fully saturated rings. The zero-order chi connectivity index (χ0) is 16.2. The number of carbonyl (C=O) groups excluding carboxylic acids is 1. The van der Waals surface area contributed by atoms with Crippen LogP contribution >= 0.6 is 0 Å². The predicted molar refractivity (Wildman–Crippen MR) is 86.9 cm³/mol. The van der Waals surface area contributed by atoms with Crippen molar-refractivity contribution in [3.8, 4) is 0 Å². The Balaban J connectivity index is 1.82. The largest absolute Gasteiger partial charge is 0.347 e. The van der Waals surface area contributed by atoms with Crippen molar-refractivity contribution >= 4 is 5.91 Å². The molecule has 0 bridgehead atoms. The maximum Gasteiger partial charge on any atom is 0.347 e. The van der Waals surface area contributed by atoms with Crippen molar-refractivity contribution in [3.05, 3.63) is 64.8 Å². The lowest BCUT2D eigenvalue weighted by molar-refractivity contribution is -0.136. The van der Waals surface area contributed by atoms with E-state index >= 15 is 0 Å². The maximum absolute atomic E-state index is 12.7. The SMILES string of the molecule is CN1CCN(C(=O)Cn2cccnc2=O)[C@H](c2ccccc2)C1. The summed E-state index contributed by atoms with van der Waals surface area (Å²) in [5.41, 5.74) is 0.720. The first-order valence-electron chi connectivity index (χ1n) is 7.69. The summed E-state index contributed by atoms with van der Waals surface area (Å²) in [5, 5.41) is 0. The molecule has 6 heteroatoms. The topological polar surface area (TPSA) is 58.4 Å². The van der Waals surface area contributed by atoms with E-state index < -0.39 is 5.69 Å². The van der Waals surface area contributed by atoms with Crippen LogP contribution < -0.4 is 5.69 Å². The van der Waals surface area contributed by atoms with Crippen molar-refractivity contribution in [1.82, 2.24) is 19.4 Å². The Morgan fingerprint density at radius 3 is 2.74 bits per heavy atom. The van der Waals surface area contributed by atoms with E-state index in [-0.39, 0.29) is 18.5 Å². The molecule has 3 rings (SSSR count). The second-order valence-electron chi connectivity index (χ2n) is 5.81. The average molecular weight is 312 g/mol. The standard InChI is InChI=1S/C17H20N4O2/c1-19-10-11-21(15(12-19)14-6-3-2-4-7-14)16(22)13-20-9-5-8-18-17(20)23/h2-9,15H,10-13H2,1H3/t15-/m0/s1. The second-order valence-corrected chi connectivity index (χ2v) is 5.81. The van der Waals surface area contributed by atoms with Crippen LogP contribution in [-0.2, 0) is 11.3 Å². The number of hydrogen-bond acceptors (Lipinski definition) is 4. The lowest BCUT2D eigenvalue weighted by Gasteiger charge is -2.40. The van der Waals surface area contributed by atoms with Crippen molar-refractivity contribution < 1.29 is 4.79 Å². The van der Waals surface area contributed by atoms with E-state index in [0.717, 1.165) is 18.7 Å². The van der Waals surface area contributed by atoms with Crippen LogP contribution in [0.5, 0.6) is 0 Å². The number of hydrogen-bond donors (Lipinski definition) is 0. The maximum atomic E-state index is 12.7. The van der Waals surface area contributed by atoms with Crippen LogP contribution in [0.15, 0.2) is 53.6 Å². The first-order valence-corrected chi connectivity index (χ1v) is 7.69. The van der Waals surface area contributed by atoms with Gasteiger partial charge in [-0.1, -0.05) is 30.3 Å². The van der Waals surface area contributed by atoms with Crippen molar-refractivity contribution in [3.63, 3.8) is 0 Å². The van der Waals surface area contributed by atoms with Crippen molar-refractivity contribution in [2.45, 2.75) is 12.6 Å². The molecular formula is C17H20N4O2. The molecule has 0 radical (unpaired) electrons. The van der Waals surface area contributed by atoms with Gasteiger partial charge in [0.25, 0.3) is 0 Å². The van der Waals surface area contributed by atoms with Gasteiger partial charge in [-0.05, 0) is 18.7 Å². The number of nitrogens with zero attached hydrogens (tertiary/aromatic N) is 4. The number of carbonyl (C=O) groups is 1. The van der Waals surface area contributed by atoms with E-state index in [4.69, 9.17) is 0 Å². The fraction of sp³-hybridized carbons (Fsp3) is 0.353. The number of amides is 1. The molecule has 0 N–H and O–H groups in total. The fourth-order valence-electron chi connectivity index (χ4n) is 2.92. The summed E-state index contributed by atoms with van der Waals surface area (Å²) in [5.74, 6) is -0.0537. The molecule has 0 aliphatic carbocycles. The molecule has 6 nitrogen and oxygen atoms in total. The normalized spacial score (nSPS) is 18.8. The summed E-state index contributed by atoms with van der Waals surface area (Å²) in [6, 6.07) is 11.7. The smallest absolute Gasteiger partial charge is 0.332 e. The van der Waals surface area contributed by atoms with E-state index in [0.29, 0.717) is 6.54 Å². The fourth-order valence-corrected chi connectivity index (χ4v) is 2.92. The molecule has 1 atom stereocenters. The minimum absolute atomic E-state index is 0.00910. The Kier molecular flexibility index (Phi) is 4.52. The molecule has 0 spiro atoms. The van der Waals surface area contributed by atoms with Gasteiger partial charge in [0, 0.05) is 32.0 Å². The van der Waals surface area contributed by atoms with Gasteiger partial charge in [-0.2, -0.15) is 0 Å². The molecule has 1 aromatic carbocycles. The Morgan fingerprint density at radius 1 is 1.22 bits per heavy atom. The highest BCUT2D eigenvalue weighted by atomic mass is 16.2. The molecule has 0 unspecified atom stereocenters. The summed E-state index contributed by atoms with van der Waals surface area (Å²) in [7, 11) is 2.06. The van der Waals surface area contributed by atoms with Gasteiger partial charge in [0.1, 0.15) is 6.54 Å². The van der Waals surface area contributed by atoms with E-state index in [1.165, 1.54) is 10.8 Å². The molecule has 23 heavy (non-hydrogen) atoms. The van der Waals surface area contributed by atoms with Crippen LogP contribution in [-0.4, -0.2) is 51.9 Å². The molecule has 1 saturated heterocycles. The van der Waals surface area contributed by atoms with Crippen LogP contribution in [0.3, 0.4) is 0 Å². The number of rotatable bonds is 3. The highest BCUT2D eigenvalue weighted by Gasteiger charge is 2.30. The van der Waals surface area contributed by atoms with Gasteiger partial charge < -0.3 is 9.80 Å². The van der Waals surface area contributed by atoms with E-state index in [2.05, 4.69) is 16.9 Å². The van der Waals surface area contributed by atoms with Gasteiger partial charge >= 0.3 is 5.69 Å². The number of likely N-dealkylation sites (N-methyl/N-ethyl adjacent to an activating group) is 1. The summed E-state index contributed by atoms with van der Waals surface area (Å²) in [4.78, 5) is 32.2. The predicted octanol–water partition coefficient (Wildman–Crippen LogP) is 0.759. The number of piperazine rings is 1. The molecule has 1 aromatic heterocycles. The Morgan fingerprint density at radius 2 is 2.00 bits per heavy atom. The van der Waals surface area contributed by atoms with Gasteiger partial charge in [-0.3, -0.25) is 9.36 Å². The molecule has 1 aliphatic rings. The highest BCUT2D eigenvalue weighted by molar-refractivity contribution is 5.76. The zero-order valence-corrected chi connectivity index (χ0v) is 13.1. The molecule has 1 aliphatic heterocycles. The molecule has 0 saturated carbocycles. The van der Waals surface area contributed by atoms with Gasteiger partial charge in [-0.15, -0.1) is 0 Å². The van der Waals surface area contributed by atoms with Crippen LogP contribution in [0.2, 0.25) is 0 Å². The van der Waals surface area contributed by atoms with Gasteiger partial charge in [0.05, 0.1) is 6.04 Å². The Labute approximate surface area is 135 Å². The number of aromatic nitrogens is 2. The summed E-state index contributed by atoms with van der Waals surface area (Å²) < 4.78 is 1.35. The van der Waals surface area contributed by atoms with Crippen LogP contribution in [0, 0.1) is 0 Å². The lowest BCUT2D eigenvalue weighted by atomic mass is 10.0. The van der Waals surface area contributed by atoms with Gasteiger partial charge in [0.15, 0.2) is 0 Å². The Hall–Kier alpha value is -2.47. The van der Waals surface area contributed by atoms with E-state index in [1.54, 1.807) is 12.3 Å². The molecule has 120 valence electrons. The van der Waals surface area contributed by atoms with Crippen molar-refractivity contribution in [2.75, 3.05) is 26.7 Å². The average Bonchev–Trinajstić information content (AvgIpc) is 2.57. The third-order valence-electron chi connectivity index (χ3n) is 4.18. The van der Waals surface area contributed by atoms with Crippen LogP contribution in [0.25, 0.3) is 0 Å². The Bertz CT molecular complexity index is 729. The third kappa shape index (κ3) is 3.48. The molecule has 2 aromatic rings. The van der Waals surface area contributed by atoms with Crippen LogP contribution in [0.1, 0.15) is 11.6 Å². The third-order valence-corrected chi connectivity index (χ3v) is 4.18. The van der Waals surface area contributed by atoms with E-state index in [9.17, 15) is 9.59 Å². The van der Waals surface area contributed by atoms with Gasteiger partial charge in [0.2, 0.25) is 5.91 Å². The van der Waals surface area contributed by atoms with E-state index in [1.807, 2.05) is 35.2 Å². The lowest BCUT2D eigenvalue weighted by Crippen LogP contribution is -2.50. The highest BCUT2D eigenvalue weighted by Crippen LogP contribution is 2.25. The zero-order valence-electron chi connectivity index (χ0n) is 13.1. The quantitative estimate of drug-likeness (QED) is 0.839. The number of benzene rings is 1. The van der Waals surface area contributed by atoms with Crippen LogP contribution in [0.4, 0.5) is 0 Å². The first-order chi connectivity index (χ1) is 11.1.